The zero-order valence-electron chi connectivity index (χ0n) is 15.1. The molecule has 1 saturated heterocycles. The zero-order valence-corrected chi connectivity index (χ0v) is 15.1. The lowest BCUT2D eigenvalue weighted by molar-refractivity contribution is -0.548. The van der Waals surface area contributed by atoms with E-state index in [0.717, 1.165) is 41.2 Å². The van der Waals surface area contributed by atoms with Crippen LogP contribution in [0.1, 0.15) is 51.1 Å². The first kappa shape index (κ1) is 17.9. The smallest absolute Gasteiger partial charge is 0.188 e. The van der Waals surface area contributed by atoms with Gasteiger partial charge in [-0.15, -0.1) is 0 Å². The molecule has 0 aliphatic carbocycles. The maximum Gasteiger partial charge on any atom is 0.188 e. The van der Waals surface area contributed by atoms with Crippen LogP contribution in [-0.2, 0) is 6.42 Å². The van der Waals surface area contributed by atoms with Crippen LogP contribution < -0.4 is 0 Å². The molecule has 1 aliphatic rings. The summed E-state index contributed by atoms with van der Waals surface area (Å²) >= 11 is 0. The highest BCUT2D eigenvalue weighted by molar-refractivity contribution is 5.81. The van der Waals surface area contributed by atoms with Crippen molar-refractivity contribution in [2.24, 2.45) is 5.92 Å². The van der Waals surface area contributed by atoms with Gasteiger partial charge in [0.25, 0.3) is 0 Å². The van der Waals surface area contributed by atoms with E-state index >= 15 is 0 Å². The molecule has 0 radical (unpaired) electrons. The lowest BCUT2D eigenvalue weighted by Crippen LogP contribution is -2.34. The third-order valence-electron chi connectivity index (χ3n) is 5.36. The Labute approximate surface area is 148 Å². The molecule has 1 aromatic carbocycles. The molecule has 0 bridgehead atoms. The van der Waals surface area contributed by atoms with Crippen LogP contribution in [0.2, 0.25) is 0 Å². The number of aromatic nitrogens is 2. The van der Waals surface area contributed by atoms with E-state index in [1.54, 1.807) is 6.07 Å². The fourth-order valence-corrected chi connectivity index (χ4v) is 3.88. The number of fused-ring (bicyclic) bond motifs is 1. The van der Waals surface area contributed by atoms with Crippen LogP contribution in [0.3, 0.4) is 0 Å². The molecule has 1 aliphatic heterocycles. The first-order valence-corrected chi connectivity index (χ1v) is 9.52. The molecule has 0 unspecified atom stereocenters. The van der Waals surface area contributed by atoms with Crippen LogP contribution in [-0.4, -0.2) is 39.5 Å². The summed E-state index contributed by atoms with van der Waals surface area (Å²) < 4.78 is 0. The Morgan fingerprint density at radius 1 is 1.24 bits per heavy atom. The second kappa shape index (κ2) is 8.43. The van der Waals surface area contributed by atoms with Crippen LogP contribution in [0, 0.1) is 16.0 Å². The fourth-order valence-electron chi connectivity index (χ4n) is 3.88. The monoisotopic (exact) mass is 344 g/mol. The van der Waals surface area contributed by atoms with Gasteiger partial charge in [-0.05, 0) is 56.9 Å². The zero-order chi connectivity index (χ0) is 17.6. The summed E-state index contributed by atoms with van der Waals surface area (Å²) in [6, 6.07) is 7.42. The summed E-state index contributed by atoms with van der Waals surface area (Å²) in [5.74, 6) is 0.913. The van der Waals surface area contributed by atoms with Crippen molar-refractivity contribution in [1.82, 2.24) is 14.8 Å². The van der Waals surface area contributed by atoms with E-state index in [2.05, 4.69) is 16.9 Å². The number of rotatable bonds is 8. The van der Waals surface area contributed by atoms with Gasteiger partial charge >= 0.3 is 0 Å². The number of hydrogen-bond donors (Lipinski definition) is 0. The average Bonchev–Trinajstić information content (AvgIpc) is 3.00. The number of aryl methyl sites for hydroxylation is 1. The van der Waals surface area contributed by atoms with Crippen molar-refractivity contribution in [2.45, 2.75) is 51.9 Å². The van der Waals surface area contributed by atoms with E-state index < -0.39 is 5.03 Å². The lowest BCUT2D eigenvalue weighted by atomic mass is 9.91. The van der Waals surface area contributed by atoms with E-state index in [1.807, 2.05) is 18.2 Å². The molecular formula is C19H28N4O2. The molecule has 25 heavy (non-hydrogen) atoms. The van der Waals surface area contributed by atoms with Crippen molar-refractivity contribution in [1.29, 1.82) is 0 Å². The van der Waals surface area contributed by atoms with Gasteiger partial charge in [-0.2, -0.15) is 0 Å². The Balaban J connectivity index is 1.52. The fraction of sp³-hybridized carbons (Fsp3) is 0.632. The quantitative estimate of drug-likeness (QED) is 0.538. The Morgan fingerprint density at radius 2 is 2.00 bits per heavy atom. The first-order chi connectivity index (χ1) is 12.2. The first-order valence-electron chi connectivity index (χ1n) is 9.52. The number of unbranched alkanes of at least 4 members (excludes halogenated alkanes) is 1. The Morgan fingerprint density at radius 3 is 2.72 bits per heavy atom. The summed E-state index contributed by atoms with van der Waals surface area (Å²) in [6.07, 6.45) is 8.46. The lowest BCUT2D eigenvalue weighted by Gasteiger charge is -2.31. The van der Waals surface area contributed by atoms with Gasteiger partial charge < -0.3 is 15.0 Å². The van der Waals surface area contributed by atoms with Crippen molar-refractivity contribution < 1.29 is 5.03 Å². The van der Waals surface area contributed by atoms with Crippen molar-refractivity contribution in [3.63, 3.8) is 0 Å². The number of benzene rings is 1. The molecule has 0 amide bonds. The minimum Gasteiger partial charge on any atom is -0.339 e. The maximum absolute atomic E-state index is 11.2. The van der Waals surface area contributed by atoms with Crippen LogP contribution >= 0.6 is 0 Å². The van der Waals surface area contributed by atoms with Crippen LogP contribution in [0.4, 0.5) is 0 Å². The summed E-state index contributed by atoms with van der Waals surface area (Å²) in [5, 5.41) is 15.8. The van der Waals surface area contributed by atoms with Gasteiger partial charge in [0.05, 0.1) is 10.4 Å². The Bertz CT molecular complexity index is 705. The number of para-hydroxylation sites is 1. The molecule has 6 heteroatoms. The predicted molar refractivity (Wildman–Crippen MR) is 99.1 cm³/mol. The highest BCUT2D eigenvalue weighted by atomic mass is 16.7. The van der Waals surface area contributed by atoms with E-state index in [-0.39, 0.29) is 0 Å². The van der Waals surface area contributed by atoms with E-state index in [4.69, 9.17) is 0 Å². The normalized spacial score (nSPS) is 16.5. The van der Waals surface area contributed by atoms with Crippen molar-refractivity contribution >= 4 is 10.9 Å². The molecule has 6 nitrogen and oxygen atoms in total. The summed E-state index contributed by atoms with van der Waals surface area (Å²) in [7, 11) is 0. The van der Waals surface area contributed by atoms with Crippen LogP contribution in [0.5, 0.6) is 0 Å². The minimum atomic E-state index is -0.451. The largest absolute Gasteiger partial charge is 0.339 e. The number of hydrogen-bond acceptors (Lipinski definition) is 4. The number of nitrogens with zero attached hydrogens (tertiary/aromatic N) is 4. The van der Waals surface area contributed by atoms with Gasteiger partial charge in [0, 0.05) is 16.3 Å². The Kier molecular flexibility index (Phi) is 6.02. The van der Waals surface area contributed by atoms with Crippen LogP contribution in [0.25, 0.3) is 10.9 Å². The maximum atomic E-state index is 11.2. The molecule has 0 spiro atoms. The molecule has 2 heterocycles. The summed E-state index contributed by atoms with van der Waals surface area (Å²) in [6.45, 7) is 5.70. The molecule has 2 aromatic rings. The second-order valence-electron chi connectivity index (χ2n) is 7.12. The van der Waals surface area contributed by atoms with Crippen molar-refractivity contribution in [3.8, 4) is 0 Å². The summed E-state index contributed by atoms with van der Waals surface area (Å²) in [4.78, 5) is 14.6. The number of nitro groups is 1. The number of piperidine rings is 1. The van der Waals surface area contributed by atoms with Crippen molar-refractivity contribution in [2.75, 3.05) is 19.6 Å². The van der Waals surface area contributed by atoms with Gasteiger partial charge in [-0.1, -0.05) is 38.3 Å². The molecule has 3 rings (SSSR count). The van der Waals surface area contributed by atoms with E-state index in [9.17, 15) is 10.1 Å². The predicted octanol–water partition coefficient (Wildman–Crippen LogP) is 3.91. The van der Waals surface area contributed by atoms with Crippen LogP contribution in [0.15, 0.2) is 24.3 Å². The van der Waals surface area contributed by atoms with Gasteiger partial charge in [-0.3, -0.25) is 0 Å². The molecular weight excluding hydrogens is 316 g/mol. The molecule has 0 saturated carbocycles. The van der Waals surface area contributed by atoms with Crippen molar-refractivity contribution in [3.05, 3.63) is 40.1 Å². The van der Waals surface area contributed by atoms with Gasteiger partial charge in [0.2, 0.25) is 0 Å². The Hall–Kier alpha value is -1.95. The third-order valence-corrected chi connectivity index (χ3v) is 5.36. The molecule has 1 fully saturated rings. The SMILES string of the molecule is CCCCC1CCN(CCCc2nn([N+](=O)[O-])c3ccccc23)CC1. The molecule has 0 N–H and O–H groups in total. The third kappa shape index (κ3) is 4.37. The standard InChI is InChI=1S/C19H28N4O2/c1-2-3-7-16-11-14-21(15-12-16)13-6-9-18-17-8-4-5-10-19(17)22(20-18)23(24)25/h4-5,8,10,16H,2-3,6-7,9,11-15H2,1H3. The molecule has 1 aromatic heterocycles. The molecule has 0 atom stereocenters. The summed E-state index contributed by atoms with van der Waals surface area (Å²) in [5.41, 5.74) is 1.42. The second-order valence-corrected chi connectivity index (χ2v) is 7.12. The highest BCUT2D eigenvalue weighted by Crippen LogP contribution is 2.23. The van der Waals surface area contributed by atoms with E-state index in [0.29, 0.717) is 5.52 Å². The number of likely N-dealkylation sites (tertiary alicyclic amines) is 1. The highest BCUT2D eigenvalue weighted by Gasteiger charge is 2.21. The van der Waals surface area contributed by atoms with E-state index in [1.165, 1.54) is 45.2 Å². The molecule has 136 valence electrons. The van der Waals surface area contributed by atoms with Gasteiger partial charge in [0.15, 0.2) is 5.69 Å². The van der Waals surface area contributed by atoms with Gasteiger partial charge in [0.1, 0.15) is 5.52 Å². The van der Waals surface area contributed by atoms with Gasteiger partial charge in [-0.25, -0.2) is 0 Å². The average molecular weight is 344 g/mol. The minimum absolute atomic E-state index is 0.451. The topological polar surface area (TPSA) is 64.2 Å².